The Morgan fingerprint density at radius 1 is 0.824 bits per heavy atom. The van der Waals surface area contributed by atoms with E-state index in [1.54, 1.807) is 30.3 Å². The average Bonchev–Trinajstić information content (AvgIpc) is 2.84. The van der Waals surface area contributed by atoms with Crippen LogP contribution in [0.2, 0.25) is 0 Å². The molecule has 2 saturated heterocycles. The Kier molecular flexibility index (Phi) is 8.08. The molecule has 2 aromatic rings. The summed E-state index contributed by atoms with van der Waals surface area (Å²) < 4.78 is 32.3. The largest absolute Gasteiger partial charge is 0.423 e. The van der Waals surface area contributed by atoms with E-state index in [0.29, 0.717) is 24.7 Å². The van der Waals surface area contributed by atoms with Gasteiger partial charge >= 0.3 is 11.9 Å². The molecule has 8 heteroatoms. The van der Waals surface area contributed by atoms with Crippen molar-refractivity contribution >= 4 is 24.1 Å². The van der Waals surface area contributed by atoms with Gasteiger partial charge in [-0.25, -0.2) is 9.59 Å². The van der Waals surface area contributed by atoms with Crippen LogP contribution >= 0.6 is 0 Å². The van der Waals surface area contributed by atoms with Gasteiger partial charge in [0, 0.05) is 0 Å². The lowest BCUT2D eigenvalue weighted by molar-refractivity contribution is -0.219. The van der Waals surface area contributed by atoms with E-state index in [9.17, 15) is 9.59 Å². The van der Waals surface area contributed by atoms with Crippen LogP contribution in [-0.2, 0) is 28.5 Å². The van der Waals surface area contributed by atoms with Crippen LogP contribution in [0.3, 0.4) is 0 Å². The SMILES string of the molecule is C[C@@H]1CCOC(C(=O)Oc2ccc(/C=C/c3c[c]cc(OC(=O)C4OCC[C@@H](C)O4)c3)cc2)O1. The highest BCUT2D eigenvalue weighted by Gasteiger charge is 2.29. The number of hydrogen-bond acceptors (Lipinski definition) is 8. The van der Waals surface area contributed by atoms with Crippen LogP contribution in [0.5, 0.6) is 11.5 Å². The maximum atomic E-state index is 12.3. The molecule has 0 N–H and O–H groups in total. The summed E-state index contributed by atoms with van der Waals surface area (Å²) in [6, 6.07) is 15.0. The standard InChI is InChI=1S/C26H27O8/c1-17-12-14-29-25(31-17)23(27)33-21-10-8-19(9-11-21)6-7-20-4-3-5-22(16-20)34-24(28)26-30-15-13-18(2)32-26/h4-11,16-18,25-26H,12-15H2,1-2H3/b7-6+/t17-,18-,25?,26?/m1/s1. The van der Waals surface area contributed by atoms with E-state index in [2.05, 4.69) is 6.07 Å². The van der Waals surface area contributed by atoms with Crippen LogP contribution in [0.25, 0.3) is 12.2 Å². The number of esters is 2. The van der Waals surface area contributed by atoms with E-state index in [-0.39, 0.29) is 12.2 Å². The second-order valence-corrected chi connectivity index (χ2v) is 8.12. The number of hydrogen-bond donors (Lipinski definition) is 0. The summed E-state index contributed by atoms with van der Waals surface area (Å²) in [6.45, 7) is 4.69. The highest BCUT2D eigenvalue weighted by atomic mass is 16.7. The summed E-state index contributed by atoms with van der Waals surface area (Å²) in [7, 11) is 0. The summed E-state index contributed by atoms with van der Waals surface area (Å²) in [5, 5.41) is 0. The molecule has 2 aliphatic rings. The minimum Gasteiger partial charge on any atom is -0.423 e. The number of benzene rings is 2. The maximum absolute atomic E-state index is 12.3. The van der Waals surface area contributed by atoms with Gasteiger partial charge in [-0.15, -0.1) is 0 Å². The normalized spacial score (nSPS) is 25.1. The molecule has 34 heavy (non-hydrogen) atoms. The molecule has 0 aliphatic carbocycles. The Morgan fingerprint density at radius 2 is 1.38 bits per heavy atom. The Morgan fingerprint density at radius 3 is 1.97 bits per heavy atom. The van der Waals surface area contributed by atoms with Crippen molar-refractivity contribution in [2.75, 3.05) is 13.2 Å². The third-order valence-electron chi connectivity index (χ3n) is 5.25. The third kappa shape index (κ3) is 6.74. The quantitative estimate of drug-likeness (QED) is 0.360. The summed E-state index contributed by atoms with van der Waals surface area (Å²) in [5.41, 5.74) is 1.68. The van der Waals surface area contributed by atoms with E-state index in [4.69, 9.17) is 28.4 Å². The molecule has 2 fully saturated rings. The zero-order valence-corrected chi connectivity index (χ0v) is 19.1. The maximum Gasteiger partial charge on any atom is 0.368 e. The first kappa shape index (κ1) is 24.1. The van der Waals surface area contributed by atoms with Crippen molar-refractivity contribution in [1.82, 2.24) is 0 Å². The Labute approximate surface area is 198 Å². The molecule has 2 unspecified atom stereocenters. The first-order chi connectivity index (χ1) is 16.5. The van der Waals surface area contributed by atoms with Crippen LogP contribution in [0.1, 0.15) is 37.8 Å². The molecule has 0 saturated carbocycles. The van der Waals surface area contributed by atoms with Crippen LogP contribution in [-0.4, -0.2) is 49.9 Å². The van der Waals surface area contributed by atoms with Crippen LogP contribution in [0.4, 0.5) is 0 Å². The molecule has 0 bridgehead atoms. The van der Waals surface area contributed by atoms with E-state index in [1.807, 2.05) is 38.1 Å². The summed E-state index contributed by atoms with van der Waals surface area (Å²) in [4.78, 5) is 24.5. The lowest BCUT2D eigenvalue weighted by Crippen LogP contribution is -2.38. The fraction of sp³-hybridized carbons (Fsp3) is 0.385. The van der Waals surface area contributed by atoms with Crippen molar-refractivity contribution in [2.24, 2.45) is 0 Å². The van der Waals surface area contributed by atoms with Gasteiger partial charge in [0.2, 0.25) is 0 Å². The molecule has 2 aliphatic heterocycles. The molecule has 8 nitrogen and oxygen atoms in total. The van der Waals surface area contributed by atoms with Gasteiger partial charge in [-0.05, 0) is 74.2 Å². The highest BCUT2D eigenvalue weighted by molar-refractivity contribution is 5.77. The minimum absolute atomic E-state index is 0.0456. The first-order valence-electron chi connectivity index (χ1n) is 11.2. The lowest BCUT2D eigenvalue weighted by atomic mass is 10.1. The smallest absolute Gasteiger partial charge is 0.368 e. The van der Waals surface area contributed by atoms with Gasteiger partial charge in [-0.2, -0.15) is 0 Å². The molecule has 4 rings (SSSR count). The number of carbonyl (C=O) groups is 2. The minimum atomic E-state index is -1.02. The summed E-state index contributed by atoms with van der Waals surface area (Å²) in [6.07, 6.45) is 3.10. The molecule has 4 atom stereocenters. The molecule has 2 heterocycles. The molecule has 179 valence electrons. The Balaban J connectivity index is 1.32. The van der Waals surface area contributed by atoms with Gasteiger partial charge in [0.1, 0.15) is 11.5 Å². The monoisotopic (exact) mass is 467 g/mol. The zero-order chi connectivity index (χ0) is 23.9. The van der Waals surface area contributed by atoms with Crippen LogP contribution < -0.4 is 9.47 Å². The fourth-order valence-corrected chi connectivity index (χ4v) is 3.36. The Bertz CT molecular complexity index is 1020. The third-order valence-corrected chi connectivity index (χ3v) is 5.25. The van der Waals surface area contributed by atoms with Crippen molar-refractivity contribution in [3.63, 3.8) is 0 Å². The van der Waals surface area contributed by atoms with Gasteiger partial charge in [0.25, 0.3) is 12.6 Å². The molecular formula is C26H27O8. The summed E-state index contributed by atoms with van der Waals surface area (Å²) in [5.74, 6) is -0.419. The van der Waals surface area contributed by atoms with E-state index < -0.39 is 24.5 Å². The molecule has 1 radical (unpaired) electrons. The van der Waals surface area contributed by atoms with Gasteiger partial charge in [-0.3, -0.25) is 0 Å². The fourth-order valence-electron chi connectivity index (χ4n) is 3.36. The Hall–Kier alpha value is -3.04. The van der Waals surface area contributed by atoms with Gasteiger partial charge < -0.3 is 28.4 Å². The predicted molar refractivity (Wildman–Crippen MR) is 122 cm³/mol. The predicted octanol–water partition coefficient (Wildman–Crippen LogP) is 3.77. The van der Waals surface area contributed by atoms with Crippen LogP contribution in [0.15, 0.2) is 42.5 Å². The topological polar surface area (TPSA) is 89.5 Å². The molecule has 0 spiro atoms. The first-order valence-corrected chi connectivity index (χ1v) is 11.2. The number of ether oxygens (including phenoxy) is 6. The van der Waals surface area contributed by atoms with E-state index >= 15 is 0 Å². The van der Waals surface area contributed by atoms with Crippen LogP contribution in [0, 0.1) is 6.07 Å². The van der Waals surface area contributed by atoms with Crippen molar-refractivity contribution in [3.8, 4) is 11.5 Å². The molecule has 0 amide bonds. The van der Waals surface area contributed by atoms with Crippen molar-refractivity contribution in [1.29, 1.82) is 0 Å². The van der Waals surface area contributed by atoms with Crippen molar-refractivity contribution in [3.05, 3.63) is 59.7 Å². The number of carbonyl (C=O) groups excluding carboxylic acids is 2. The second kappa shape index (κ2) is 11.4. The molecule has 0 aromatic heterocycles. The van der Waals surface area contributed by atoms with Gasteiger partial charge in [0.15, 0.2) is 0 Å². The zero-order valence-electron chi connectivity index (χ0n) is 19.1. The molecule has 2 aromatic carbocycles. The van der Waals surface area contributed by atoms with Gasteiger partial charge in [-0.1, -0.05) is 24.3 Å². The molecular weight excluding hydrogens is 440 g/mol. The van der Waals surface area contributed by atoms with Crippen molar-refractivity contribution < 1.29 is 38.0 Å². The van der Waals surface area contributed by atoms with Crippen molar-refractivity contribution in [2.45, 2.75) is 51.5 Å². The lowest BCUT2D eigenvalue weighted by Gasteiger charge is -2.26. The second-order valence-electron chi connectivity index (χ2n) is 8.12. The van der Waals surface area contributed by atoms with E-state index in [0.717, 1.165) is 24.0 Å². The van der Waals surface area contributed by atoms with Gasteiger partial charge in [0.05, 0.1) is 25.4 Å². The average molecular weight is 467 g/mol. The summed E-state index contributed by atoms with van der Waals surface area (Å²) >= 11 is 0. The number of rotatable bonds is 6. The highest BCUT2D eigenvalue weighted by Crippen LogP contribution is 2.21. The van der Waals surface area contributed by atoms with E-state index in [1.165, 1.54) is 0 Å².